The van der Waals surface area contributed by atoms with Crippen LogP contribution in [0, 0.1) is 0 Å². The zero-order valence-electron chi connectivity index (χ0n) is 11.6. The van der Waals surface area contributed by atoms with Gasteiger partial charge in [-0.05, 0) is 25.0 Å². The summed E-state index contributed by atoms with van der Waals surface area (Å²) in [4.78, 5) is 24.8. The molecule has 0 aliphatic carbocycles. The Morgan fingerprint density at radius 1 is 1.10 bits per heavy atom. The summed E-state index contributed by atoms with van der Waals surface area (Å²) >= 11 is 0. The number of rotatable bonds is 2. The Balaban J connectivity index is 1.81. The van der Waals surface area contributed by atoms with E-state index in [2.05, 4.69) is 0 Å². The lowest BCUT2D eigenvalue weighted by molar-refractivity contribution is 0.125. The summed E-state index contributed by atoms with van der Waals surface area (Å²) in [6.45, 7) is 0.950. The van der Waals surface area contributed by atoms with E-state index < -0.39 is 6.09 Å². The zero-order chi connectivity index (χ0) is 14.8. The van der Waals surface area contributed by atoms with Gasteiger partial charge in [0.25, 0.3) is 0 Å². The summed E-state index contributed by atoms with van der Waals surface area (Å²) in [6, 6.07) is 9.54. The summed E-state index contributed by atoms with van der Waals surface area (Å²) in [5.41, 5.74) is 0.763. The standard InChI is InChI=1S/C15H17N3O3/c19-14-17(12-4-2-1-3-5-12)10-11-18(14)13-6-8-16(9-7-13)15(20)21/h1-5,10-11,13H,6-9H2,(H,20,21). The number of amides is 1. The molecule has 1 aromatic carbocycles. The van der Waals surface area contributed by atoms with Crippen molar-refractivity contribution < 1.29 is 9.90 Å². The minimum absolute atomic E-state index is 0.0677. The molecule has 1 aliphatic rings. The second kappa shape index (κ2) is 5.47. The van der Waals surface area contributed by atoms with Gasteiger partial charge in [0, 0.05) is 31.5 Å². The molecular weight excluding hydrogens is 270 g/mol. The first kappa shape index (κ1) is 13.5. The molecule has 110 valence electrons. The van der Waals surface area contributed by atoms with Crippen LogP contribution in [0.2, 0.25) is 0 Å². The fourth-order valence-electron chi connectivity index (χ4n) is 2.79. The maximum absolute atomic E-state index is 12.5. The van der Waals surface area contributed by atoms with Gasteiger partial charge in [0.05, 0.1) is 5.69 Å². The van der Waals surface area contributed by atoms with Crippen LogP contribution >= 0.6 is 0 Å². The summed E-state index contributed by atoms with van der Waals surface area (Å²) in [6.07, 6.45) is 4.01. The number of piperidine rings is 1. The molecule has 1 amide bonds. The van der Waals surface area contributed by atoms with Crippen molar-refractivity contribution in [1.82, 2.24) is 14.0 Å². The number of carbonyl (C=O) groups is 1. The van der Waals surface area contributed by atoms with Crippen LogP contribution < -0.4 is 5.69 Å². The predicted molar refractivity (Wildman–Crippen MR) is 77.9 cm³/mol. The SMILES string of the molecule is O=C(O)N1CCC(n2ccn(-c3ccccc3)c2=O)CC1. The Kier molecular flexibility index (Phi) is 3.51. The largest absolute Gasteiger partial charge is 0.465 e. The summed E-state index contributed by atoms with van der Waals surface area (Å²) < 4.78 is 3.33. The highest BCUT2D eigenvalue weighted by Crippen LogP contribution is 2.21. The van der Waals surface area contributed by atoms with Gasteiger partial charge in [0.15, 0.2) is 0 Å². The number of hydrogen-bond donors (Lipinski definition) is 1. The van der Waals surface area contributed by atoms with E-state index in [1.165, 1.54) is 4.90 Å². The number of benzene rings is 1. The molecule has 0 bridgehead atoms. The third-order valence-electron chi connectivity index (χ3n) is 3.97. The number of hydrogen-bond acceptors (Lipinski definition) is 2. The fourth-order valence-corrected chi connectivity index (χ4v) is 2.79. The smallest absolute Gasteiger partial charge is 0.407 e. The van der Waals surface area contributed by atoms with Crippen LogP contribution in [-0.4, -0.2) is 38.3 Å². The van der Waals surface area contributed by atoms with E-state index in [-0.39, 0.29) is 11.7 Å². The van der Waals surface area contributed by atoms with Crippen molar-refractivity contribution in [1.29, 1.82) is 0 Å². The molecular formula is C15H17N3O3. The van der Waals surface area contributed by atoms with E-state index in [4.69, 9.17) is 5.11 Å². The lowest BCUT2D eigenvalue weighted by atomic mass is 10.1. The van der Waals surface area contributed by atoms with Gasteiger partial charge >= 0.3 is 11.8 Å². The highest BCUT2D eigenvalue weighted by molar-refractivity contribution is 5.65. The lowest BCUT2D eigenvalue weighted by Crippen LogP contribution is -2.40. The van der Waals surface area contributed by atoms with E-state index in [1.807, 2.05) is 30.3 Å². The maximum atomic E-state index is 12.5. The second-order valence-electron chi connectivity index (χ2n) is 5.19. The molecule has 1 N–H and O–H groups in total. The third-order valence-corrected chi connectivity index (χ3v) is 3.97. The number of nitrogens with zero attached hydrogens (tertiary/aromatic N) is 3. The van der Waals surface area contributed by atoms with Crippen molar-refractivity contribution in [2.24, 2.45) is 0 Å². The van der Waals surface area contributed by atoms with Crippen LogP contribution in [0.5, 0.6) is 0 Å². The fraction of sp³-hybridized carbons (Fsp3) is 0.333. The van der Waals surface area contributed by atoms with Gasteiger partial charge < -0.3 is 10.0 Å². The van der Waals surface area contributed by atoms with Crippen molar-refractivity contribution in [2.45, 2.75) is 18.9 Å². The molecule has 2 aromatic rings. The van der Waals surface area contributed by atoms with Gasteiger partial charge in [0.2, 0.25) is 0 Å². The molecule has 0 unspecified atom stereocenters. The minimum atomic E-state index is -0.886. The molecule has 2 heterocycles. The third kappa shape index (κ3) is 2.56. The lowest BCUT2D eigenvalue weighted by Gasteiger charge is -2.30. The molecule has 1 aromatic heterocycles. The molecule has 1 fully saturated rings. The summed E-state index contributed by atoms with van der Waals surface area (Å²) in [5.74, 6) is 0. The van der Waals surface area contributed by atoms with Crippen LogP contribution in [-0.2, 0) is 0 Å². The molecule has 6 heteroatoms. The Morgan fingerprint density at radius 3 is 2.38 bits per heavy atom. The molecule has 21 heavy (non-hydrogen) atoms. The van der Waals surface area contributed by atoms with Gasteiger partial charge in [-0.3, -0.25) is 9.13 Å². The molecule has 0 saturated carbocycles. The Morgan fingerprint density at radius 2 is 1.76 bits per heavy atom. The van der Waals surface area contributed by atoms with Gasteiger partial charge in [-0.1, -0.05) is 18.2 Å². The second-order valence-corrected chi connectivity index (χ2v) is 5.19. The monoisotopic (exact) mass is 287 g/mol. The summed E-state index contributed by atoms with van der Waals surface area (Å²) in [7, 11) is 0. The van der Waals surface area contributed by atoms with Gasteiger partial charge in [-0.15, -0.1) is 0 Å². The van der Waals surface area contributed by atoms with Gasteiger partial charge in [0.1, 0.15) is 0 Å². The predicted octanol–water partition coefficient (Wildman–Crippen LogP) is 1.95. The van der Waals surface area contributed by atoms with E-state index in [0.29, 0.717) is 25.9 Å². The average molecular weight is 287 g/mol. The number of carboxylic acid groups (broad SMARTS) is 1. The van der Waals surface area contributed by atoms with Crippen molar-refractivity contribution >= 4 is 6.09 Å². The first-order chi connectivity index (χ1) is 10.2. The van der Waals surface area contributed by atoms with Gasteiger partial charge in [-0.2, -0.15) is 0 Å². The van der Waals surface area contributed by atoms with Crippen LogP contribution in [0.25, 0.3) is 5.69 Å². The molecule has 1 aliphatic heterocycles. The zero-order valence-corrected chi connectivity index (χ0v) is 11.6. The molecule has 0 spiro atoms. The van der Waals surface area contributed by atoms with E-state index in [9.17, 15) is 9.59 Å². The van der Waals surface area contributed by atoms with E-state index in [0.717, 1.165) is 5.69 Å². The maximum Gasteiger partial charge on any atom is 0.407 e. The first-order valence-electron chi connectivity index (χ1n) is 6.99. The number of imidazole rings is 1. The van der Waals surface area contributed by atoms with Crippen LogP contribution in [0.15, 0.2) is 47.5 Å². The van der Waals surface area contributed by atoms with Crippen LogP contribution in [0.1, 0.15) is 18.9 Å². The summed E-state index contributed by atoms with van der Waals surface area (Å²) in [5, 5.41) is 8.96. The average Bonchev–Trinajstić information content (AvgIpc) is 2.90. The molecule has 0 atom stereocenters. The van der Waals surface area contributed by atoms with Crippen molar-refractivity contribution in [2.75, 3.05) is 13.1 Å². The molecule has 3 rings (SSSR count). The van der Waals surface area contributed by atoms with Crippen molar-refractivity contribution in [3.05, 3.63) is 53.2 Å². The highest BCUT2D eigenvalue weighted by atomic mass is 16.4. The van der Waals surface area contributed by atoms with Crippen molar-refractivity contribution in [3.63, 3.8) is 0 Å². The van der Waals surface area contributed by atoms with Gasteiger partial charge in [-0.25, -0.2) is 9.59 Å². The minimum Gasteiger partial charge on any atom is -0.465 e. The van der Waals surface area contributed by atoms with Crippen molar-refractivity contribution in [3.8, 4) is 5.69 Å². The number of para-hydroxylation sites is 1. The quantitative estimate of drug-likeness (QED) is 0.918. The van der Waals surface area contributed by atoms with E-state index in [1.54, 1.807) is 21.5 Å². The highest BCUT2D eigenvalue weighted by Gasteiger charge is 2.24. The normalized spacial score (nSPS) is 16.1. The Hall–Kier alpha value is -2.50. The molecule has 1 saturated heterocycles. The topological polar surface area (TPSA) is 67.5 Å². The van der Waals surface area contributed by atoms with E-state index >= 15 is 0 Å². The number of likely N-dealkylation sites (tertiary alicyclic amines) is 1. The van der Waals surface area contributed by atoms with Crippen LogP contribution in [0.4, 0.5) is 4.79 Å². The first-order valence-corrected chi connectivity index (χ1v) is 6.99. The Bertz CT molecular complexity index is 682. The van der Waals surface area contributed by atoms with Crippen LogP contribution in [0.3, 0.4) is 0 Å². The molecule has 6 nitrogen and oxygen atoms in total. The molecule has 0 radical (unpaired) electrons. The number of aromatic nitrogens is 2. The Labute approximate surface area is 121 Å².